The van der Waals surface area contributed by atoms with E-state index in [4.69, 9.17) is 21.8 Å². The Kier molecular flexibility index (Phi) is 3.13. The molecule has 68 valence electrons. The van der Waals surface area contributed by atoms with Crippen LogP contribution >= 0.6 is 11.6 Å². The first-order valence-corrected chi connectivity index (χ1v) is 3.80. The number of aliphatic hydroxyl groups is 1. The number of hydrogen-bond donors (Lipinski definition) is 2. The lowest BCUT2D eigenvalue weighted by Gasteiger charge is -1.98. The highest BCUT2D eigenvalue weighted by Crippen LogP contribution is 2.24. The van der Waals surface area contributed by atoms with Crippen LogP contribution in [0.2, 0.25) is 5.02 Å². The monoisotopic (exact) mass is 200 g/mol. The predicted octanol–water partition coefficient (Wildman–Crippen LogP) is 1.53. The number of phenolic OH excluding ortho intramolecular Hbond substituents is 1. The Morgan fingerprint density at radius 2 is 2.15 bits per heavy atom. The molecular weight excluding hydrogens is 195 g/mol. The van der Waals surface area contributed by atoms with Gasteiger partial charge in [0.05, 0.1) is 5.56 Å². The summed E-state index contributed by atoms with van der Waals surface area (Å²) < 4.78 is 12.8. The summed E-state index contributed by atoms with van der Waals surface area (Å²) in [7, 11) is 0. The minimum atomic E-state index is -0.824. The molecule has 0 aromatic heterocycles. The zero-order valence-electron chi connectivity index (χ0n) is 6.51. The van der Waals surface area contributed by atoms with Crippen LogP contribution < -0.4 is 0 Å². The second-order valence-corrected chi connectivity index (χ2v) is 2.68. The van der Waals surface area contributed by atoms with Gasteiger partial charge in [-0.15, -0.1) is 0 Å². The summed E-state index contributed by atoms with van der Waals surface area (Å²) in [4.78, 5) is 0. The van der Waals surface area contributed by atoms with E-state index < -0.39 is 11.6 Å². The SMILES string of the molecule is OCC#Cc1cc(Cl)cc(F)c1O. The fraction of sp³-hybridized carbons (Fsp3) is 0.111. The summed E-state index contributed by atoms with van der Waals surface area (Å²) in [5.41, 5.74) is 0.0686. The first-order valence-electron chi connectivity index (χ1n) is 3.43. The summed E-state index contributed by atoms with van der Waals surface area (Å²) in [6.45, 7) is -0.354. The maximum atomic E-state index is 12.8. The summed E-state index contributed by atoms with van der Waals surface area (Å²) in [5.74, 6) is 3.27. The third-order valence-electron chi connectivity index (χ3n) is 1.33. The van der Waals surface area contributed by atoms with Crippen LogP contribution in [0, 0.1) is 17.7 Å². The number of hydrogen-bond acceptors (Lipinski definition) is 2. The van der Waals surface area contributed by atoms with Crippen LogP contribution in [-0.4, -0.2) is 16.8 Å². The summed E-state index contributed by atoms with van der Waals surface area (Å²) in [6.07, 6.45) is 0. The van der Waals surface area contributed by atoms with Crippen LogP contribution in [0.5, 0.6) is 5.75 Å². The molecule has 2 N–H and O–H groups in total. The topological polar surface area (TPSA) is 40.5 Å². The van der Waals surface area contributed by atoms with E-state index >= 15 is 0 Å². The molecule has 0 aliphatic heterocycles. The average Bonchev–Trinajstić information content (AvgIpc) is 2.09. The highest BCUT2D eigenvalue weighted by atomic mass is 35.5. The van der Waals surface area contributed by atoms with Gasteiger partial charge in [0.25, 0.3) is 0 Å². The predicted molar refractivity (Wildman–Crippen MR) is 47.0 cm³/mol. The summed E-state index contributed by atoms with van der Waals surface area (Å²) in [6, 6.07) is 2.31. The Hall–Kier alpha value is -1.24. The van der Waals surface area contributed by atoms with Crippen molar-refractivity contribution in [1.82, 2.24) is 0 Å². The van der Waals surface area contributed by atoms with Crippen LogP contribution in [0.4, 0.5) is 4.39 Å². The van der Waals surface area contributed by atoms with Crippen molar-refractivity contribution >= 4 is 11.6 Å². The Balaban J connectivity index is 3.20. The number of phenols is 1. The van der Waals surface area contributed by atoms with E-state index in [1.165, 1.54) is 6.07 Å². The standard InChI is InChI=1S/C9H6ClFO2/c10-7-4-6(2-1-3-12)9(13)8(11)5-7/h4-5,12-13H,3H2. The molecule has 0 unspecified atom stereocenters. The lowest BCUT2D eigenvalue weighted by molar-refractivity contribution is 0.350. The fourth-order valence-electron chi connectivity index (χ4n) is 0.796. The molecule has 0 aliphatic carbocycles. The second-order valence-electron chi connectivity index (χ2n) is 2.24. The van der Waals surface area contributed by atoms with Gasteiger partial charge in [-0.25, -0.2) is 4.39 Å². The van der Waals surface area contributed by atoms with E-state index in [0.29, 0.717) is 0 Å². The Morgan fingerprint density at radius 3 is 2.77 bits per heavy atom. The van der Waals surface area contributed by atoms with Crippen LogP contribution in [-0.2, 0) is 0 Å². The molecule has 0 heterocycles. The number of benzene rings is 1. The lowest BCUT2D eigenvalue weighted by atomic mass is 10.2. The Morgan fingerprint density at radius 1 is 1.46 bits per heavy atom. The number of halogens is 2. The maximum Gasteiger partial charge on any atom is 0.167 e. The van der Waals surface area contributed by atoms with Gasteiger partial charge >= 0.3 is 0 Å². The molecule has 0 saturated carbocycles. The summed E-state index contributed by atoms with van der Waals surface area (Å²) in [5, 5.41) is 17.7. The van der Waals surface area contributed by atoms with Crippen molar-refractivity contribution in [3.63, 3.8) is 0 Å². The van der Waals surface area contributed by atoms with Crippen molar-refractivity contribution in [2.75, 3.05) is 6.61 Å². The van der Waals surface area contributed by atoms with Crippen molar-refractivity contribution in [3.05, 3.63) is 28.5 Å². The maximum absolute atomic E-state index is 12.8. The van der Waals surface area contributed by atoms with Gasteiger partial charge in [0.2, 0.25) is 0 Å². The fourth-order valence-corrected chi connectivity index (χ4v) is 1.00. The molecule has 1 aromatic carbocycles. The van der Waals surface area contributed by atoms with Crippen LogP contribution in [0.15, 0.2) is 12.1 Å². The van der Waals surface area contributed by atoms with Crippen LogP contribution in [0.3, 0.4) is 0 Å². The van der Waals surface area contributed by atoms with E-state index in [0.717, 1.165) is 6.07 Å². The molecule has 2 nitrogen and oxygen atoms in total. The Bertz CT molecular complexity index is 379. The van der Waals surface area contributed by atoms with Crippen molar-refractivity contribution in [3.8, 4) is 17.6 Å². The lowest BCUT2D eigenvalue weighted by Crippen LogP contribution is -1.83. The van der Waals surface area contributed by atoms with Gasteiger partial charge in [-0.2, -0.15) is 0 Å². The van der Waals surface area contributed by atoms with Gasteiger partial charge in [-0.05, 0) is 12.1 Å². The quantitative estimate of drug-likeness (QED) is 0.624. The largest absolute Gasteiger partial charge is 0.504 e. The number of aliphatic hydroxyl groups excluding tert-OH is 1. The summed E-state index contributed by atoms with van der Waals surface area (Å²) >= 11 is 5.52. The highest BCUT2D eigenvalue weighted by molar-refractivity contribution is 6.30. The Labute approximate surface area is 79.6 Å². The van der Waals surface area contributed by atoms with Crippen LogP contribution in [0.25, 0.3) is 0 Å². The normalized spacial score (nSPS) is 9.15. The molecule has 0 bridgehead atoms. The molecule has 0 atom stereocenters. The third-order valence-corrected chi connectivity index (χ3v) is 1.55. The first kappa shape index (κ1) is 9.85. The molecule has 4 heteroatoms. The molecular formula is C9H6ClFO2. The van der Waals surface area contributed by atoms with E-state index in [1.807, 2.05) is 0 Å². The van der Waals surface area contributed by atoms with Gasteiger partial charge < -0.3 is 10.2 Å². The number of rotatable bonds is 0. The van der Waals surface area contributed by atoms with Crippen molar-refractivity contribution < 1.29 is 14.6 Å². The molecule has 1 rings (SSSR count). The van der Waals surface area contributed by atoms with E-state index in [9.17, 15) is 4.39 Å². The minimum Gasteiger partial charge on any atom is -0.504 e. The molecule has 0 aliphatic rings. The minimum absolute atomic E-state index is 0.0686. The van der Waals surface area contributed by atoms with Gasteiger partial charge in [0.15, 0.2) is 11.6 Å². The molecule has 1 aromatic rings. The molecule has 0 amide bonds. The van der Waals surface area contributed by atoms with Gasteiger partial charge in [0, 0.05) is 5.02 Å². The van der Waals surface area contributed by atoms with E-state index in [2.05, 4.69) is 11.8 Å². The van der Waals surface area contributed by atoms with Crippen molar-refractivity contribution in [2.24, 2.45) is 0 Å². The van der Waals surface area contributed by atoms with Crippen molar-refractivity contribution in [2.45, 2.75) is 0 Å². The first-order chi connectivity index (χ1) is 6.15. The number of aromatic hydroxyl groups is 1. The smallest absolute Gasteiger partial charge is 0.167 e. The highest BCUT2D eigenvalue weighted by Gasteiger charge is 2.06. The average molecular weight is 201 g/mol. The zero-order valence-corrected chi connectivity index (χ0v) is 7.27. The van der Waals surface area contributed by atoms with Crippen molar-refractivity contribution in [1.29, 1.82) is 0 Å². The second kappa shape index (κ2) is 4.13. The zero-order chi connectivity index (χ0) is 9.84. The van der Waals surface area contributed by atoms with E-state index in [-0.39, 0.29) is 17.2 Å². The van der Waals surface area contributed by atoms with Gasteiger partial charge in [-0.3, -0.25) is 0 Å². The third kappa shape index (κ3) is 2.35. The molecule has 0 saturated heterocycles. The molecule has 13 heavy (non-hydrogen) atoms. The molecule has 0 radical (unpaired) electrons. The van der Waals surface area contributed by atoms with Gasteiger partial charge in [0.1, 0.15) is 6.61 Å². The molecule has 0 fully saturated rings. The van der Waals surface area contributed by atoms with Crippen LogP contribution in [0.1, 0.15) is 5.56 Å². The van der Waals surface area contributed by atoms with Gasteiger partial charge in [-0.1, -0.05) is 23.4 Å². The van der Waals surface area contributed by atoms with E-state index in [1.54, 1.807) is 0 Å². The molecule has 0 spiro atoms.